The molecule has 0 N–H and O–H groups in total. The molecule has 0 bridgehead atoms. The van der Waals surface area contributed by atoms with Gasteiger partial charge in [0.05, 0.1) is 7.11 Å². The highest BCUT2D eigenvalue weighted by Crippen LogP contribution is 2.40. The van der Waals surface area contributed by atoms with Crippen molar-refractivity contribution < 1.29 is 4.74 Å². The molecule has 2 heterocycles. The molecule has 2 aromatic rings. The van der Waals surface area contributed by atoms with Gasteiger partial charge < -0.3 is 4.74 Å². The van der Waals surface area contributed by atoms with E-state index in [1.54, 1.807) is 29.8 Å². The minimum Gasteiger partial charge on any atom is -0.487 e. The van der Waals surface area contributed by atoms with Crippen molar-refractivity contribution in [3.8, 4) is 5.06 Å². The Balaban J connectivity index is 2.28. The smallest absolute Gasteiger partial charge is 0.173 e. The molecule has 1 nitrogen and oxygen atoms in total. The highest BCUT2D eigenvalue weighted by atomic mass is 127. The summed E-state index contributed by atoms with van der Waals surface area (Å²) in [6.45, 7) is 0. The number of alkyl halides is 1. The van der Waals surface area contributed by atoms with E-state index in [9.17, 15) is 0 Å². The highest BCUT2D eigenvalue weighted by Gasteiger charge is 2.17. The zero-order valence-electron chi connectivity index (χ0n) is 7.87. The Morgan fingerprint density at radius 1 is 1.40 bits per heavy atom. The molecule has 5 heteroatoms. The molecule has 0 saturated carbocycles. The maximum Gasteiger partial charge on any atom is 0.173 e. The summed E-state index contributed by atoms with van der Waals surface area (Å²) in [5.74, 6) is 0. The zero-order valence-corrected chi connectivity index (χ0v) is 12.4. The third-order valence-corrected chi connectivity index (χ3v) is 6.04. The molecule has 1 unspecified atom stereocenters. The Kier molecular flexibility index (Phi) is 3.93. The maximum absolute atomic E-state index is 6.41. The van der Waals surface area contributed by atoms with Crippen LogP contribution in [-0.4, -0.2) is 7.11 Å². The number of hydrogen-bond acceptors (Lipinski definition) is 3. The number of thiophene rings is 2. The first-order valence-corrected chi connectivity index (χ1v) is 7.44. The van der Waals surface area contributed by atoms with Crippen LogP contribution in [0.15, 0.2) is 23.6 Å². The summed E-state index contributed by atoms with van der Waals surface area (Å²) in [4.78, 5) is 2.34. The van der Waals surface area contributed by atoms with Gasteiger partial charge in [0.1, 0.15) is 5.38 Å². The Hall–Kier alpha value is 0.220. The van der Waals surface area contributed by atoms with E-state index in [-0.39, 0.29) is 5.38 Å². The fraction of sp³-hybridized carbons (Fsp3) is 0.200. The van der Waals surface area contributed by atoms with E-state index in [0.717, 1.165) is 9.94 Å². The van der Waals surface area contributed by atoms with Gasteiger partial charge in [-0.3, -0.25) is 0 Å². The number of hydrogen-bond donors (Lipinski definition) is 0. The lowest BCUT2D eigenvalue weighted by Gasteiger charge is -2.04. The fourth-order valence-corrected chi connectivity index (χ4v) is 4.64. The SMILES string of the molecule is COc1ccc(C(Cl)c2sccc2I)s1. The Bertz CT molecular complexity index is 452. The van der Waals surface area contributed by atoms with Gasteiger partial charge in [-0.25, -0.2) is 0 Å². The van der Waals surface area contributed by atoms with E-state index in [1.165, 1.54) is 8.45 Å². The minimum absolute atomic E-state index is 0.0502. The number of ether oxygens (including phenoxy) is 1. The van der Waals surface area contributed by atoms with Crippen LogP contribution < -0.4 is 4.74 Å². The average Bonchev–Trinajstić information content (AvgIpc) is 2.84. The summed E-state index contributed by atoms with van der Waals surface area (Å²) in [5, 5.41) is 2.92. The molecule has 0 aliphatic carbocycles. The zero-order chi connectivity index (χ0) is 10.8. The molecule has 0 aliphatic heterocycles. The lowest BCUT2D eigenvalue weighted by atomic mass is 10.3. The summed E-state index contributed by atoms with van der Waals surface area (Å²) < 4.78 is 6.38. The summed E-state index contributed by atoms with van der Waals surface area (Å²) in [5.41, 5.74) is 0. The summed E-state index contributed by atoms with van der Waals surface area (Å²) >= 11 is 12.0. The van der Waals surface area contributed by atoms with Gasteiger partial charge in [0, 0.05) is 13.3 Å². The lowest BCUT2D eigenvalue weighted by molar-refractivity contribution is 0.427. The first-order chi connectivity index (χ1) is 7.22. The van der Waals surface area contributed by atoms with Crippen LogP contribution in [0.25, 0.3) is 0 Å². The van der Waals surface area contributed by atoms with Crippen molar-refractivity contribution in [2.75, 3.05) is 7.11 Å². The van der Waals surface area contributed by atoms with Crippen LogP contribution in [0, 0.1) is 3.57 Å². The molecule has 15 heavy (non-hydrogen) atoms. The predicted octanol–water partition coefficient (Wildman–Crippen LogP) is 4.75. The third-order valence-electron chi connectivity index (χ3n) is 1.93. The van der Waals surface area contributed by atoms with Crippen molar-refractivity contribution in [1.82, 2.24) is 0 Å². The minimum atomic E-state index is -0.0502. The van der Waals surface area contributed by atoms with E-state index >= 15 is 0 Å². The van der Waals surface area contributed by atoms with Crippen LogP contribution in [0.2, 0.25) is 0 Å². The first-order valence-electron chi connectivity index (χ1n) is 4.23. The average molecular weight is 371 g/mol. The highest BCUT2D eigenvalue weighted by molar-refractivity contribution is 14.1. The van der Waals surface area contributed by atoms with E-state index in [2.05, 4.69) is 34.0 Å². The van der Waals surface area contributed by atoms with Crippen molar-refractivity contribution in [1.29, 1.82) is 0 Å². The van der Waals surface area contributed by atoms with Crippen molar-refractivity contribution in [2.45, 2.75) is 5.38 Å². The molecule has 0 saturated heterocycles. The quantitative estimate of drug-likeness (QED) is 0.559. The predicted molar refractivity (Wildman–Crippen MR) is 75.6 cm³/mol. The standard InChI is InChI=1S/C10H8ClIOS2/c1-13-8-3-2-7(15-8)9(11)10-6(12)4-5-14-10/h2-5,9H,1H3. The van der Waals surface area contributed by atoms with Gasteiger partial charge in [-0.15, -0.1) is 34.3 Å². The van der Waals surface area contributed by atoms with Gasteiger partial charge in [0.2, 0.25) is 0 Å². The Morgan fingerprint density at radius 3 is 2.73 bits per heavy atom. The van der Waals surface area contributed by atoms with Crippen LogP contribution in [0.5, 0.6) is 5.06 Å². The van der Waals surface area contributed by atoms with Crippen LogP contribution in [0.3, 0.4) is 0 Å². The second-order valence-corrected chi connectivity index (χ2v) is 6.48. The molecule has 0 amide bonds. The molecule has 2 aromatic heterocycles. The van der Waals surface area contributed by atoms with Gasteiger partial charge >= 0.3 is 0 Å². The number of rotatable bonds is 3. The van der Waals surface area contributed by atoms with Crippen molar-refractivity contribution >= 4 is 56.9 Å². The fourth-order valence-electron chi connectivity index (χ4n) is 1.20. The summed E-state index contributed by atoms with van der Waals surface area (Å²) in [7, 11) is 1.67. The van der Waals surface area contributed by atoms with Gasteiger partial charge in [-0.2, -0.15) is 0 Å². The van der Waals surface area contributed by atoms with Crippen molar-refractivity contribution in [3.63, 3.8) is 0 Å². The first kappa shape index (κ1) is 11.7. The largest absolute Gasteiger partial charge is 0.487 e. The number of methoxy groups -OCH3 is 1. The van der Waals surface area contributed by atoms with Gasteiger partial charge in [-0.1, -0.05) is 0 Å². The van der Waals surface area contributed by atoms with Crippen LogP contribution in [-0.2, 0) is 0 Å². The molecular weight excluding hydrogens is 363 g/mol. The van der Waals surface area contributed by atoms with E-state index in [4.69, 9.17) is 16.3 Å². The van der Waals surface area contributed by atoms with Gasteiger partial charge in [0.15, 0.2) is 5.06 Å². The topological polar surface area (TPSA) is 9.23 Å². The van der Waals surface area contributed by atoms with Crippen LogP contribution >= 0.6 is 56.9 Å². The summed E-state index contributed by atoms with van der Waals surface area (Å²) in [6, 6.07) is 6.06. The van der Waals surface area contributed by atoms with E-state index in [1.807, 2.05) is 12.1 Å². The molecule has 80 valence electrons. The maximum atomic E-state index is 6.41. The van der Waals surface area contributed by atoms with E-state index in [0.29, 0.717) is 0 Å². The molecule has 0 aromatic carbocycles. The molecule has 1 atom stereocenters. The normalized spacial score (nSPS) is 12.7. The van der Waals surface area contributed by atoms with Crippen molar-refractivity contribution in [3.05, 3.63) is 36.9 Å². The van der Waals surface area contributed by atoms with Gasteiger partial charge in [-0.05, 0) is 46.2 Å². The Morgan fingerprint density at radius 2 is 2.20 bits per heavy atom. The summed E-state index contributed by atoms with van der Waals surface area (Å²) in [6.07, 6.45) is 0. The third kappa shape index (κ3) is 2.49. The van der Waals surface area contributed by atoms with E-state index < -0.39 is 0 Å². The molecule has 0 aliphatic rings. The molecular formula is C10H8ClIOS2. The molecule has 0 spiro atoms. The number of halogens is 2. The van der Waals surface area contributed by atoms with Crippen LogP contribution in [0.4, 0.5) is 0 Å². The van der Waals surface area contributed by atoms with Crippen LogP contribution in [0.1, 0.15) is 15.1 Å². The second kappa shape index (κ2) is 5.03. The Labute approximate surface area is 115 Å². The second-order valence-electron chi connectivity index (χ2n) is 2.86. The monoisotopic (exact) mass is 370 g/mol. The van der Waals surface area contributed by atoms with Crippen molar-refractivity contribution in [2.24, 2.45) is 0 Å². The molecule has 0 radical (unpaired) electrons. The lowest BCUT2D eigenvalue weighted by Crippen LogP contribution is -1.87. The van der Waals surface area contributed by atoms with Gasteiger partial charge in [0.25, 0.3) is 0 Å². The molecule has 0 fully saturated rings. The molecule has 2 rings (SSSR count).